The Morgan fingerprint density at radius 2 is 0.823 bits per heavy atom. The van der Waals surface area contributed by atoms with Gasteiger partial charge in [-0.2, -0.15) is 0 Å². The number of anilines is 3. The van der Waals surface area contributed by atoms with Gasteiger partial charge in [0, 0.05) is 28.0 Å². The molecule has 1 heterocycles. The van der Waals surface area contributed by atoms with Gasteiger partial charge in [0.15, 0.2) is 5.58 Å². The maximum Gasteiger partial charge on any atom is 0.227 e. The van der Waals surface area contributed by atoms with E-state index >= 15 is 0 Å². The standard InChI is InChI=1S/C59H40N2O/c1-6-18-41(19-7-1)46-28-16-29-49(37-46)61(50-32-33-53(43-22-10-3-11-23-43)56(40-50)44-24-12-4-13-25-44)51-38-47(42-20-8-2-9-21-42)36-48(39-51)52-30-17-31-55-54(52)34-35-57-58(55)60-59(62-57)45-26-14-5-15-27-45/h1-40H. The van der Waals surface area contributed by atoms with Crippen molar-refractivity contribution in [1.29, 1.82) is 0 Å². The molecule has 292 valence electrons. The van der Waals surface area contributed by atoms with Gasteiger partial charge < -0.3 is 9.32 Å². The van der Waals surface area contributed by atoms with Gasteiger partial charge in [0.2, 0.25) is 5.89 Å². The topological polar surface area (TPSA) is 29.3 Å². The van der Waals surface area contributed by atoms with Crippen LogP contribution in [-0.4, -0.2) is 4.98 Å². The van der Waals surface area contributed by atoms with Gasteiger partial charge in [0.1, 0.15) is 5.52 Å². The fraction of sp³-hybridized carbons (Fsp3) is 0. The zero-order valence-corrected chi connectivity index (χ0v) is 33.9. The number of nitrogens with zero attached hydrogens (tertiary/aromatic N) is 2. The van der Waals surface area contributed by atoms with Gasteiger partial charge in [-0.3, -0.25) is 0 Å². The summed E-state index contributed by atoms with van der Waals surface area (Å²) in [6, 6.07) is 86.3. The van der Waals surface area contributed by atoms with E-state index < -0.39 is 0 Å². The van der Waals surface area contributed by atoms with Crippen LogP contribution in [0.5, 0.6) is 0 Å². The minimum Gasteiger partial charge on any atom is -0.436 e. The predicted molar refractivity (Wildman–Crippen MR) is 259 cm³/mol. The lowest BCUT2D eigenvalue weighted by Gasteiger charge is -2.28. The summed E-state index contributed by atoms with van der Waals surface area (Å²) >= 11 is 0. The monoisotopic (exact) mass is 792 g/mol. The van der Waals surface area contributed by atoms with Crippen LogP contribution < -0.4 is 4.90 Å². The minimum absolute atomic E-state index is 0.619. The molecule has 0 aliphatic heterocycles. The molecule has 0 N–H and O–H groups in total. The largest absolute Gasteiger partial charge is 0.436 e. The third-order valence-electron chi connectivity index (χ3n) is 11.7. The lowest BCUT2D eigenvalue weighted by molar-refractivity contribution is 0.620. The molecule has 10 aromatic carbocycles. The molecule has 11 aromatic rings. The highest BCUT2D eigenvalue weighted by Gasteiger charge is 2.20. The molecule has 0 amide bonds. The van der Waals surface area contributed by atoms with E-state index in [2.05, 4.69) is 217 Å². The van der Waals surface area contributed by atoms with E-state index in [0.29, 0.717) is 5.89 Å². The smallest absolute Gasteiger partial charge is 0.227 e. The van der Waals surface area contributed by atoms with Crippen LogP contribution >= 0.6 is 0 Å². The molecule has 3 heteroatoms. The first-order valence-electron chi connectivity index (χ1n) is 21.0. The Morgan fingerprint density at radius 1 is 0.290 bits per heavy atom. The van der Waals surface area contributed by atoms with Gasteiger partial charge in [-0.05, 0) is 128 Å². The Bertz CT molecular complexity index is 3330. The number of benzene rings is 10. The molecule has 0 aliphatic carbocycles. The van der Waals surface area contributed by atoms with Crippen LogP contribution in [0.2, 0.25) is 0 Å². The second kappa shape index (κ2) is 16.1. The van der Waals surface area contributed by atoms with Crippen molar-refractivity contribution in [2.24, 2.45) is 0 Å². The van der Waals surface area contributed by atoms with Gasteiger partial charge in [0.25, 0.3) is 0 Å². The molecular weight excluding hydrogens is 753 g/mol. The Hall–Kier alpha value is -8.27. The summed E-state index contributed by atoms with van der Waals surface area (Å²) in [5.41, 5.74) is 17.2. The highest BCUT2D eigenvalue weighted by molar-refractivity contribution is 6.10. The zero-order valence-electron chi connectivity index (χ0n) is 33.9. The number of oxazole rings is 1. The van der Waals surface area contributed by atoms with Crippen molar-refractivity contribution in [3.8, 4) is 67.1 Å². The molecular formula is C59H40N2O. The molecule has 62 heavy (non-hydrogen) atoms. The van der Waals surface area contributed by atoms with Crippen molar-refractivity contribution < 1.29 is 4.42 Å². The first kappa shape index (κ1) is 36.8. The molecule has 0 bridgehead atoms. The first-order chi connectivity index (χ1) is 30.7. The van der Waals surface area contributed by atoms with Crippen LogP contribution in [0, 0.1) is 0 Å². The van der Waals surface area contributed by atoms with E-state index in [1.165, 1.54) is 22.3 Å². The van der Waals surface area contributed by atoms with Crippen LogP contribution in [-0.2, 0) is 0 Å². The summed E-state index contributed by atoms with van der Waals surface area (Å²) < 4.78 is 6.34. The maximum atomic E-state index is 6.34. The number of rotatable bonds is 9. The number of aromatic nitrogens is 1. The Morgan fingerprint density at radius 3 is 1.50 bits per heavy atom. The molecule has 3 nitrogen and oxygen atoms in total. The molecule has 0 radical (unpaired) electrons. The maximum absolute atomic E-state index is 6.34. The van der Waals surface area contributed by atoms with Crippen molar-refractivity contribution in [2.45, 2.75) is 0 Å². The third kappa shape index (κ3) is 7.02. The average Bonchev–Trinajstić information content (AvgIpc) is 3.81. The van der Waals surface area contributed by atoms with E-state index in [4.69, 9.17) is 9.40 Å². The highest BCUT2D eigenvalue weighted by Crippen LogP contribution is 2.45. The quantitative estimate of drug-likeness (QED) is 0.146. The van der Waals surface area contributed by atoms with Crippen molar-refractivity contribution in [3.05, 3.63) is 243 Å². The normalized spacial score (nSPS) is 11.2. The third-order valence-corrected chi connectivity index (χ3v) is 11.7. The van der Waals surface area contributed by atoms with Crippen LogP contribution in [0.25, 0.3) is 89.0 Å². The number of hydrogen-bond acceptors (Lipinski definition) is 3. The van der Waals surface area contributed by atoms with Crippen LogP contribution in [0.15, 0.2) is 247 Å². The van der Waals surface area contributed by atoms with Crippen LogP contribution in [0.3, 0.4) is 0 Å². The van der Waals surface area contributed by atoms with Gasteiger partial charge in [-0.25, -0.2) is 4.98 Å². The van der Waals surface area contributed by atoms with Crippen molar-refractivity contribution in [2.75, 3.05) is 4.90 Å². The zero-order chi connectivity index (χ0) is 41.2. The summed E-state index contributed by atoms with van der Waals surface area (Å²) in [6.07, 6.45) is 0. The predicted octanol–water partition coefficient (Wildman–Crippen LogP) is 16.5. The summed E-state index contributed by atoms with van der Waals surface area (Å²) in [4.78, 5) is 7.47. The fourth-order valence-electron chi connectivity index (χ4n) is 8.70. The van der Waals surface area contributed by atoms with Crippen LogP contribution in [0.4, 0.5) is 17.1 Å². The van der Waals surface area contributed by atoms with Gasteiger partial charge in [-0.15, -0.1) is 0 Å². The first-order valence-corrected chi connectivity index (χ1v) is 21.0. The lowest BCUT2D eigenvalue weighted by Crippen LogP contribution is -2.11. The van der Waals surface area contributed by atoms with E-state index in [-0.39, 0.29) is 0 Å². The van der Waals surface area contributed by atoms with Crippen molar-refractivity contribution >= 4 is 38.9 Å². The molecule has 1 aromatic heterocycles. The second-order valence-corrected chi connectivity index (χ2v) is 15.5. The van der Waals surface area contributed by atoms with E-state index in [9.17, 15) is 0 Å². The van der Waals surface area contributed by atoms with Gasteiger partial charge in [-0.1, -0.05) is 176 Å². The second-order valence-electron chi connectivity index (χ2n) is 15.5. The molecule has 11 rings (SSSR count). The molecule has 0 saturated carbocycles. The van der Waals surface area contributed by atoms with E-state index in [0.717, 1.165) is 77.9 Å². The SMILES string of the molecule is c1ccc(-c2cccc(N(c3cc(-c4ccccc4)cc(-c4cccc5c4ccc4oc(-c6ccccc6)nc45)c3)c3ccc(-c4ccccc4)c(-c4ccccc4)c3)c2)cc1. The summed E-state index contributed by atoms with van der Waals surface area (Å²) in [6.45, 7) is 0. The molecule has 0 atom stereocenters. The highest BCUT2D eigenvalue weighted by atomic mass is 16.3. The van der Waals surface area contributed by atoms with Gasteiger partial charge >= 0.3 is 0 Å². The molecule has 0 aliphatic rings. The summed E-state index contributed by atoms with van der Waals surface area (Å²) in [5.74, 6) is 0.619. The molecule has 0 spiro atoms. The van der Waals surface area contributed by atoms with Crippen molar-refractivity contribution in [1.82, 2.24) is 4.98 Å². The Balaban J connectivity index is 1.15. The van der Waals surface area contributed by atoms with E-state index in [1.807, 2.05) is 30.3 Å². The van der Waals surface area contributed by atoms with Gasteiger partial charge in [0.05, 0.1) is 0 Å². The van der Waals surface area contributed by atoms with Crippen LogP contribution in [0.1, 0.15) is 0 Å². The van der Waals surface area contributed by atoms with Crippen molar-refractivity contribution in [3.63, 3.8) is 0 Å². The Kier molecular flexibility index (Phi) is 9.53. The minimum atomic E-state index is 0.619. The van der Waals surface area contributed by atoms with E-state index in [1.54, 1.807) is 0 Å². The number of fused-ring (bicyclic) bond motifs is 3. The summed E-state index contributed by atoms with van der Waals surface area (Å²) in [5, 5.41) is 2.16. The summed E-state index contributed by atoms with van der Waals surface area (Å²) in [7, 11) is 0. The average molecular weight is 793 g/mol. The Labute approximate surface area is 361 Å². The lowest BCUT2D eigenvalue weighted by atomic mass is 9.92. The molecule has 0 saturated heterocycles. The molecule has 0 fully saturated rings. The number of hydrogen-bond donors (Lipinski definition) is 0. The fourth-order valence-corrected chi connectivity index (χ4v) is 8.70. The molecule has 0 unspecified atom stereocenters.